The summed E-state index contributed by atoms with van der Waals surface area (Å²) in [7, 11) is 0. The number of aromatic nitrogens is 2. The van der Waals surface area contributed by atoms with Gasteiger partial charge in [-0.15, -0.1) is 0 Å². The molecular formula is C29H33N3O4. The molecule has 0 radical (unpaired) electrons. The maximum atomic E-state index is 13.2. The number of benzene rings is 2. The van der Waals surface area contributed by atoms with Crippen molar-refractivity contribution in [3.8, 4) is 5.75 Å². The quantitative estimate of drug-likeness (QED) is 0.238. The van der Waals surface area contributed by atoms with Crippen molar-refractivity contribution >= 4 is 17.4 Å². The normalized spacial score (nSPS) is 17.2. The van der Waals surface area contributed by atoms with Gasteiger partial charge in [0.15, 0.2) is 0 Å². The second-order valence-corrected chi connectivity index (χ2v) is 9.34. The van der Waals surface area contributed by atoms with Crippen LogP contribution in [0, 0.1) is 0 Å². The van der Waals surface area contributed by atoms with Crippen molar-refractivity contribution < 1.29 is 19.4 Å². The number of carbonyl (C=O) groups is 2. The van der Waals surface area contributed by atoms with Crippen LogP contribution >= 0.6 is 0 Å². The summed E-state index contributed by atoms with van der Waals surface area (Å²) in [5.74, 6) is -0.393. The maximum Gasteiger partial charge on any atom is 0.295 e. The van der Waals surface area contributed by atoms with E-state index in [1.54, 1.807) is 41.7 Å². The monoisotopic (exact) mass is 487 g/mol. The predicted octanol–water partition coefficient (Wildman–Crippen LogP) is 5.31. The van der Waals surface area contributed by atoms with Gasteiger partial charge in [-0.05, 0) is 54.2 Å². The number of aliphatic hydroxyl groups is 1. The first-order valence-corrected chi connectivity index (χ1v) is 12.5. The van der Waals surface area contributed by atoms with Crippen molar-refractivity contribution in [2.24, 2.45) is 0 Å². The van der Waals surface area contributed by atoms with Crippen LogP contribution in [0.1, 0.15) is 62.3 Å². The summed E-state index contributed by atoms with van der Waals surface area (Å²) in [4.78, 5) is 32.0. The molecule has 2 heterocycles. The number of hydrogen-bond acceptors (Lipinski definition) is 5. The van der Waals surface area contributed by atoms with Crippen LogP contribution in [-0.4, -0.2) is 44.4 Å². The molecule has 1 aliphatic rings. The molecule has 0 aliphatic carbocycles. The SMILES string of the molecule is CCCOc1ccc(/C(O)=C2\C(=O)C(=O)N(CCCn3ccnc3)C2c2ccc(C(C)C)cc2)cc1. The number of imidazole rings is 1. The molecular weight excluding hydrogens is 454 g/mol. The van der Waals surface area contributed by atoms with Crippen LogP contribution in [0.25, 0.3) is 5.76 Å². The zero-order chi connectivity index (χ0) is 25.7. The Morgan fingerprint density at radius 1 is 1.06 bits per heavy atom. The first-order valence-electron chi connectivity index (χ1n) is 12.5. The fraction of sp³-hybridized carbons (Fsp3) is 0.345. The van der Waals surface area contributed by atoms with Crippen LogP contribution in [0.4, 0.5) is 0 Å². The van der Waals surface area contributed by atoms with E-state index in [1.165, 1.54) is 5.56 Å². The number of ether oxygens (including phenoxy) is 1. The highest BCUT2D eigenvalue weighted by molar-refractivity contribution is 6.46. The van der Waals surface area contributed by atoms with E-state index < -0.39 is 17.7 Å². The Hall–Kier alpha value is -3.87. The van der Waals surface area contributed by atoms with Crippen molar-refractivity contribution in [3.63, 3.8) is 0 Å². The summed E-state index contributed by atoms with van der Waals surface area (Å²) in [5.41, 5.74) is 2.55. The molecule has 0 bridgehead atoms. The molecule has 4 rings (SSSR count). The second kappa shape index (κ2) is 11.2. The molecule has 0 saturated carbocycles. The molecule has 188 valence electrons. The summed E-state index contributed by atoms with van der Waals surface area (Å²) in [5, 5.41) is 11.3. The topological polar surface area (TPSA) is 84.7 Å². The van der Waals surface area contributed by atoms with E-state index in [-0.39, 0.29) is 11.3 Å². The van der Waals surface area contributed by atoms with Crippen LogP contribution in [0.5, 0.6) is 5.75 Å². The van der Waals surface area contributed by atoms with Crippen molar-refractivity contribution in [3.05, 3.63) is 89.5 Å². The van der Waals surface area contributed by atoms with Gasteiger partial charge < -0.3 is 19.3 Å². The third-order valence-electron chi connectivity index (χ3n) is 6.43. The highest BCUT2D eigenvalue weighted by atomic mass is 16.5. The lowest BCUT2D eigenvalue weighted by atomic mass is 9.93. The Balaban J connectivity index is 1.69. The molecule has 7 nitrogen and oxygen atoms in total. The lowest BCUT2D eigenvalue weighted by Gasteiger charge is -2.26. The number of nitrogens with zero attached hydrogens (tertiary/aromatic N) is 3. The number of aliphatic hydroxyl groups excluding tert-OH is 1. The van der Waals surface area contributed by atoms with Crippen molar-refractivity contribution in [1.82, 2.24) is 14.5 Å². The van der Waals surface area contributed by atoms with E-state index in [4.69, 9.17) is 4.74 Å². The minimum Gasteiger partial charge on any atom is -0.507 e. The molecule has 1 aromatic heterocycles. The average Bonchev–Trinajstić information content (AvgIpc) is 3.50. The van der Waals surface area contributed by atoms with Gasteiger partial charge in [0.2, 0.25) is 0 Å². The van der Waals surface area contributed by atoms with E-state index in [2.05, 4.69) is 18.8 Å². The second-order valence-electron chi connectivity index (χ2n) is 9.34. The summed E-state index contributed by atoms with van der Waals surface area (Å²) in [6, 6.07) is 14.2. The van der Waals surface area contributed by atoms with Crippen LogP contribution in [0.3, 0.4) is 0 Å². The summed E-state index contributed by atoms with van der Waals surface area (Å²) >= 11 is 0. The number of ketones is 1. The van der Waals surface area contributed by atoms with Crippen LogP contribution in [-0.2, 0) is 16.1 Å². The van der Waals surface area contributed by atoms with E-state index in [1.807, 2.05) is 42.0 Å². The van der Waals surface area contributed by atoms with Gasteiger partial charge in [-0.2, -0.15) is 0 Å². The van der Waals surface area contributed by atoms with E-state index >= 15 is 0 Å². The minimum absolute atomic E-state index is 0.113. The molecule has 1 amide bonds. The Kier molecular flexibility index (Phi) is 7.88. The number of hydrogen-bond donors (Lipinski definition) is 1. The van der Waals surface area contributed by atoms with Crippen LogP contribution in [0.2, 0.25) is 0 Å². The maximum absolute atomic E-state index is 13.2. The Morgan fingerprint density at radius 3 is 2.39 bits per heavy atom. The molecule has 0 spiro atoms. The molecule has 3 aromatic rings. The van der Waals surface area contributed by atoms with Crippen molar-refractivity contribution in [2.45, 2.75) is 52.1 Å². The van der Waals surface area contributed by atoms with Gasteiger partial charge >= 0.3 is 0 Å². The molecule has 1 atom stereocenters. The number of likely N-dealkylation sites (tertiary alicyclic amines) is 1. The Labute approximate surface area is 212 Å². The summed E-state index contributed by atoms with van der Waals surface area (Å²) in [6.07, 6.45) is 6.84. The summed E-state index contributed by atoms with van der Waals surface area (Å²) in [6.45, 7) is 7.90. The molecule has 1 aliphatic heterocycles. The number of rotatable bonds is 10. The molecule has 1 unspecified atom stereocenters. The fourth-order valence-electron chi connectivity index (χ4n) is 4.45. The lowest BCUT2D eigenvalue weighted by Crippen LogP contribution is -2.31. The highest BCUT2D eigenvalue weighted by Crippen LogP contribution is 2.40. The zero-order valence-corrected chi connectivity index (χ0v) is 21.1. The van der Waals surface area contributed by atoms with Crippen molar-refractivity contribution in [2.75, 3.05) is 13.2 Å². The molecule has 2 aromatic carbocycles. The molecule has 7 heteroatoms. The lowest BCUT2D eigenvalue weighted by molar-refractivity contribution is -0.139. The average molecular weight is 488 g/mol. The number of aryl methyl sites for hydroxylation is 1. The first-order chi connectivity index (χ1) is 17.4. The Morgan fingerprint density at radius 2 is 1.78 bits per heavy atom. The third kappa shape index (κ3) is 5.35. The number of Topliss-reactive ketones (excluding diaryl/α,β-unsaturated/α-hetero) is 1. The van der Waals surface area contributed by atoms with E-state index in [0.717, 1.165) is 12.0 Å². The smallest absolute Gasteiger partial charge is 0.295 e. The van der Waals surface area contributed by atoms with Crippen molar-refractivity contribution in [1.29, 1.82) is 0 Å². The zero-order valence-electron chi connectivity index (χ0n) is 21.1. The van der Waals surface area contributed by atoms with Gasteiger partial charge in [0.25, 0.3) is 11.7 Å². The largest absolute Gasteiger partial charge is 0.507 e. The molecule has 1 N–H and O–H groups in total. The van der Waals surface area contributed by atoms with Gasteiger partial charge in [0.05, 0.1) is 24.5 Å². The Bertz CT molecular complexity index is 1210. The van der Waals surface area contributed by atoms with Gasteiger partial charge in [-0.1, -0.05) is 45.0 Å². The standard InChI is InChI=1S/C29H33N3O4/c1-4-18-36-24-12-10-23(11-13-24)27(33)25-26(22-8-6-21(7-9-22)20(2)3)32(29(35)28(25)34)16-5-15-31-17-14-30-19-31/h6-14,17,19-20,26,33H,4-5,15-16,18H2,1-3H3/b27-25+. The minimum atomic E-state index is -0.667. The van der Waals surface area contributed by atoms with Gasteiger partial charge in [-0.25, -0.2) is 4.98 Å². The van der Waals surface area contributed by atoms with Gasteiger partial charge in [-0.3, -0.25) is 9.59 Å². The number of amides is 1. The molecule has 1 fully saturated rings. The number of carbonyl (C=O) groups excluding carboxylic acids is 2. The van der Waals surface area contributed by atoms with Crippen LogP contribution < -0.4 is 4.74 Å². The molecule has 1 saturated heterocycles. The van der Waals surface area contributed by atoms with E-state index in [0.29, 0.717) is 43.3 Å². The summed E-state index contributed by atoms with van der Waals surface area (Å²) < 4.78 is 7.57. The van der Waals surface area contributed by atoms with Crippen LogP contribution in [0.15, 0.2) is 72.8 Å². The fourth-order valence-corrected chi connectivity index (χ4v) is 4.45. The predicted molar refractivity (Wildman–Crippen MR) is 139 cm³/mol. The third-order valence-corrected chi connectivity index (χ3v) is 6.43. The molecule has 36 heavy (non-hydrogen) atoms. The van der Waals surface area contributed by atoms with Gasteiger partial charge in [0, 0.05) is 31.0 Å². The highest BCUT2D eigenvalue weighted by Gasteiger charge is 2.45. The first kappa shape index (κ1) is 25.2. The van der Waals surface area contributed by atoms with Gasteiger partial charge in [0.1, 0.15) is 11.5 Å². The van der Waals surface area contributed by atoms with E-state index in [9.17, 15) is 14.7 Å².